The molecule has 0 aliphatic rings. The molecule has 0 bridgehead atoms. The molecule has 0 aromatic carbocycles. The van der Waals surface area contributed by atoms with Crippen LogP contribution < -0.4 is 65.5 Å². The first-order chi connectivity index (χ1) is 29.7. The highest BCUT2D eigenvalue weighted by atomic mass is 32.1. The van der Waals surface area contributed by atoms with Gasteiger partial charge >= 0.3 is 5.97 Å². The molecular weight excluding hydrogens is 849 g/mol. The Morgan fingerprint density at radius 3 is 1.19 bits per heavy atom. The summed E-state index contributed by atoms with van der Waals surface area (Å²) in [6, 6.07) is -11.8. The van der Waals surface area contributed by atoms with Crippen LogP contribution in [0.2, 0.25) is 0 Å². The minimum Gasteiger partial charge on any atom is -0.480 e. The highest BCUT2D eigenvalue weighted by molar-refractivity contribution is 7.80. The van der Waals surface area contributed by atoms with Gasteiger partial charge < -0.3 is 80.8 Å². The van der Waals surface area contributed by atoms with Crippen molar-refractivity contribution in [3.8, 4) is 0 Å². The highest BCUT2D eigenvalue weighted by Crippen LogP contribution is 2.09. The summed E-state index contributed by atoms with van der Waals surface area (Å²) in [5.74, 6) is -9.07. The predicted molar refractivity (Wildman–Crippen MR) is 234 cm³/mol. The zero-order valence-electron chi connectivity index (χ0n) is 36.7. The fourth-order valence-electron chi connectivity index (χ4n) is 5.70. The molecule has 0 rings (SSSR count). The van der Waals surface area contributed by atoms with Crippen LogP contribution in [-0.4, -0.2) is 162 Å². The van der Waals surface area contributed by atoms with E-state index in [0.717, 1.165) is 0 Å². The molecule has 0 spiro atoms. The first-order valence-corrected chi connectivity index (χ1v) is 21.7. The maximum atomic E-state index is 13.7. The van der Waals surface area contributed by atoms with Crippen LogP contribution in [0.3, 0.4) is 0 Å². The van der Waals surface area contributed by atoms with E-state index >= 15 is 0 Å². The lowest BCUT2D eigenvalue weighted by Crippen LogP contribution is -2.62. The van der Waals surface area contributed by atoms with Gasteiger partial charge in [0.25, 0.3) is 0 Å². The average molecular weight is 921 g/mol. The molecule has 25 heteroatoms. The topological polar surface area (TPSA) is 415 Å². The van der Waals surface area contributed by atoms with Gasteiger partial charge in [0, 0.05) is 5.75 Å². The van der Waals surface area contributed by atoms with E-state index in [9.17, 15) is 58.5 Å². The van der Waals surface area contributed by atoms with Crippen molar-refractivity contribution >= 4 is 65.9 Å². The lowest BCUT2D eigenvalue weighted by molar-refractivity contribution is -0.142. The van der Waals surface area contributed by atoms with E-state index in [1.54, 1.807) is 13.8 Å². The number of unbranched alkanes of at least 4 members (excludes halogenated alkanes) is 3. The van der Waals surface area contributed by atoms with Crippen molar-refractivity contribution in [3.63, 3.8) is 0 Å². The number of aliphatic carboxylic acids is 1. The lowest BCUT2D eigenvalue weighted by Gasteiger charge is -2.28. The van der Waals surface area contributed by atoms with Gasteiger partial charge in [-0.15, -0.1) is 0 Å². The van der Waals surface area contributed by atoms with Gasteiger partial charge in [0.05, 0.1) is 19.3 Å². The monoisotopic (exact) mass is 921 g/mol. The van der Waals surface area contributed by atoms with Crippen molar-refractivity contribution in [1.82, 2.24) is 42.5 Å². The van der Waals surface area contributed by atoms with E-state index in [2.05, 4.69) is 55.2 Å². The van der Waals surface area contributed by atoms with E-state index in [-0.39, 0.29) is 31.6 Å². The number of rotatable bonds is 33. The van der Waals surface area contributed by atoms with Gasteiger partial charge in [0.15, 0.2) is 0 Å². The number of carbonyl (C=O) groups is 9. The SMILES string of the molecule is CC(C)[C@H](NC(=O)[C@H](CO)NC(=O)[C@H](CS)NC(=O)[C@H](C)NC(=O)[C@H](C)N)C(=O)N[C@@H](CO)C(=O)N[C@@H](CCCCN)C(=O)N[C@@H](CCCCN)C(=O)N[C@@H](CCCCN)C(=O)O. The third kappa shape index (κ3) is 22.5. The van der Waals surface area contributed by atoms with E-state index < -0.39 is 127 Å². The minimum atomic E-state index is -1.66. The van der Waals surface area contributed by atoms with E-state index in [1.807, 2.05) is 0 Å². The smallest absolute Gasteiger partial charge is 0.326 e. The third-order valence-electron chi connectivity index (χ3n) is 9.58. The summed E-state index contributed by atoms with van der Waals surface area (Å²) in [5, 5.41) is 49.2. The largest absolute Gasteiger partial charge is 0.480 e. The second-order valence-corrected chi connectivity index (χ2v) is 15.7. The number of amides is 8. The van der Waals surface area contributed by atoms with Crippen LogP contribution in [0, 0.1) is 5.92 Å². The first kappa shape index (κ1) is 58.3. The number of nitrogens with one attached hydrogen (secondary N) is 8. The predicted octanol–water partition coefficient (Wildman–Crippen LogP) is -5.73. The van der Waals surface area contributed by atoms with Crippen molar-refractivity contribution < 1.29 is 58.5 Å². The normalized spacial score (nSPS) is 15.4. The van der Waals surface area contributed by atoms with Crippen molar-refractivity contribution in [2.45, 2.75) is 140 Å². The second-order valence-electron chi connectivity index (χ2n) is 15.4. The van der Waals surface area contributed by atoms with Crippen molar-refractivity contribution in [3.05, 3.63) is 0 Å². The number of carboxylic acid groups (broad SMARTS) is 1. The zero-order valence-corrected chi connectivity index (χ0v) is 37.5. The molecule has 0 fully saturated rings. The van der Waals surface area contributed by atoms with Crippen LogP contribution in [0.15, 0.2) is 0 Å². The first-order valence-electron chi connectivity index (χ1n) is 21.1. The number of carbonyl (C=O) groups excluding carboxylic acids is 8. The maximum Gasteiger partial charge on any atom is 0.326 e. The van der Waals surface area contributed by atoms with Crippen LogP contribution >= 0.6 is 12.6 Å². The summed E-state index contributed by atoms with van der Waals surface area (Å²) in [5.41, 5.74) is 22.3. The molecule has 0 unspecified atom stereocenters. The second kappa shape index (κ2) is 32.1. The zero-order chi connectivity index (χ0) is 48.2. The summed E-state index contributed by atoms with van der Waals surface area (Å²) in [7, 11) is 0. The average Bonchev–Trinajstić information content (AvgIpc) is 3.23. The fourth-order valence-corrected chi connectivity index (χ4v) is 5.96. The highest BCUT2D eigenvalue weighted by Gasteiger charge is 2.35. The van der Waals surface area contributed by atoms with Crippen molar-refractivity contribution in [2.24, 2.45) is 28.9 Å². The van der Waals surface area contributed by atoms with Gasteiger partial charge in [-0.05, 0) is 97.2 Å². The molecule has 0 saturated heterocycles. The van der Waals surface area contributed by atoms with Crippen LogP contribution in [0.25, 0.3) is 0 Å². The molecule has 0 aromatic rings. The van der Waals surface area contributed by atoms with Gasteiger partial charge in [-0.25, -0.2) is 4.79 Å². The van der Waals surface area contributed by atoms with Crippen molar-refractivity contribution in [2.75, 3.05) is 38.6 Å². The number of aliphatic hydroxyl groups excluding tert-OH is 2. The van der Waals surface area contributed by atoms with Crippen molar-refractivity contribution in [1.29, 1.82) is 0 Å². The molecule has 0 aromatic heterocycles. The quantitative estimate of drug-likeness (QED) is 0.0215. The number of hydrogen-bond donors (Lipinski definition) is 16. The summed E-state index contributed by atoms with van der Waals surface area (Å²) in [6.45, 7) is 4.82. The molecule has 8 amide bonds. The van der Waals surface area contributed by atoms with Gasteiger partial charge in [-0.3, -0.25) is 38.4 Å². The Morgan fingerprint density at radius 1 is 0.460 bits per heavy atom. The molecule has 19 N–H and O–H groups in total. The Hall–Kier alpha value is -4.66. The van der Waals surface area contributed by atoms with Gasteiger partial charge in [-0.2, -0.15) is 12.6 Å². The molecule has 362 valence electrons. The van der Waals surface area contributed by atoms with Gasteiger partial charge in [0.2, 0.25) is 47.3 Å². The Bertz CT molecular complexity index is 1490. The molecule has 63 heavy (non-hydrogen) atoms. The maximum absolute atomic E-state index is 13.7. The Labute approximate surface area is 373 Å². The lowest BCUT2D eigenvalue weighted by atomic mass is 10.0. The fraction of sp³-hybridized carbons (Fsp3) is 0.763. The molecule has 0 aliphatic heterocycles. The Kier molecular flexibility index (Phi) is 29.7. The number of aliphatic hydroxyl groups is 2. The van der Waals surface area contributed by atoms with Crippen LogP contribution in [0.4, 0.5) is 0 Å². The van der Waals surface area contributed by atoms with Gasteiger partial charge in [0.1, 0.15) is 48.3 Å². The van der Waals surface area contributed by atoms with Crippen LogP contribution in [0.5, 0.6) is 0 Å². The minimum absolute atomic E-state index is 0.0225. The summed E-state index contributed by atoms with van der Waals surface area (Å²) in [6.07, 6.45) is 2.86. The van der Waals surface area contributed by atoms with Gasteiger partial charge in [-0.1, -0.05) is 13.8 Å². The van der Waals surface area contributed by atoms with E-state index in [0.29, 0.717) is 51.6 Å². The molecule has 0 saturated carbocycles. The van der Waals surface area contributed by atoms with E-state index in [4.69, 9.17) is 22.9 Å². The number of thiol groups is 1. The van der Waals surface area contributed by atoms with E-state index in [1.165, 1.54) is 13.8 Å². The molecule has 0 radical (unpaired) electrons. The molecular formula is C38H72N12O12S. The number of nitrogens with two attached hydrogens (primary N) is 4. The van der Waals surface area contributed by atoms with Crippen LogP contribution in [-0.2, 0) is 43.2 Å². The Morgan fingerprint density at radius 2 is 0.810 bits per heavy atom. The van der Waals surface area contributed by atoms with Crippen LogP contribution in [0.1, 0.15) is 85.5 Å². The molecule has 9 atom stereocenters. The number of carboxylic acids is 1. The molecule has 0 aliphatic carbocycles. The third-order valence-corrected chi connectivity index (χ3v) is 9.95. The number of hydrogen-bond acceptors (Lipinski definition) is 16. The summed E-state index contributed by atoms with van der Waals surface area (Å²) in [4.78, 5) is 117. The Balaban J connectivity index is 6.02. The summed E-state index contributed by atoms with van der Waals surface area (Å²) >= 11 is 4.07. The molecule has 24 nitrogen and oxygen atoms in total. The molecule has 0 heterocycles. The summed E-state index contributed by atoms with van der Waals surface area (Å²) < 4.78 is 0. The standard InChI is InChI=1S/C38H72N12O12S/c1-20(2)29(50-35(58)27(18-52)47-36(59)28(19-63)49-31(54)22(4)43-30(53)21(3)42)37(60)48-26(17-51)34(57)45-23(11-5-8-14-39)32(55)44-24(12-6-9-15-40)33(56)46-25(38(61)62)13-7-10-16-41/h20-29,51-52,63H,5-19,39-42H2,1-4H3,(H,43,53)(H,44,55)(H,45,57)(H,46,56)(H,47,59)(H,48,60)(H,49,54)(H,50,58)(H,61,62)/t21-,22-,23-,24-,25-,26-,27-,28-,29-/m0/s1.